The average molecular weight is 309 g/mol. The topological polar surface area (TPSA) is 54.5 Å². The molecule has 1 fully saturated rings. The summed E-state index contributed by atoms with van der Waals surface area (Å²) in [7, 11) is 0. The number of Topliss-reactive ketones (excluding diaryl/α,β-unsaturated/α-hetero) is 1. The van der Waals surface area contributed by atoms with E-state index in [1.165, 1.54) is 4.90 Å². The van der Waals surface area contributed by atoms with Crippen LogP contribution in [-0.2, 0) is 14.4 Å². The zero-order chi connectivity index (χ0) is 17.3. The Kier molecular flexibility index (Phi) is 5.58. The van der Waals surface area contributed by atoms with Crippen molar-refractivity contribution in [2.24, 2.45) is 22.7 Å². The van der Waals surface area contributed by atoms with E-state index in [2.05, 4.69) is 13.8 Å². The first-order chi connectivity index (χ1) is 9.88. The lowest BCUT2D eigenvalue weighted by molar-refractivity contribution is -0.156. The molecule has 0 N–H and O–H groups in total. The molecule has 0 atom stereocenters. The third-order valence-electron chi connectivity index (χ3n) is 4.99. The quantitative estimate of drug-likeness (QED) is 0.706. The van der Waals surface area contributed by atoms with Gasteiger partial charge in [0, 0.05) is 31.7 Å². The summed E-state index contributed by atoms with van der Waals surface area (Å²) in [6.45, 7) is 14.1. The van der Waals surface area contributed by atoms with Crippen LogP contribution in [-0.4, -0.2) is 29.0 Å². The largest absolute Gasteiger partial charge is 0.299 e. The molecule has 0 aromatic carbocycles. The zero-order valence-corrected chi connectivity index (χ0v) is 15.2. The fourth-order valence-corrected chi connectivity index (χ4v) is 2.83. The molecule has 0 radical (unpaired) electrons. The van der Waals surface area contributed by atoms with Crippen LogP contribution in [0, 0.1) is 22.7 Å². The predicted octanol–water partition coefficient (Wildman–Crippen LogP) is 3.44. The first kappa shape index (κ1) is 18.9. The highest BCUT2D eigenvalue weighted by molar-refractivity contribution is 5.98. The normalized spacial score (nSPS) is 19.2. The molecule has 0 aromatic heterocycles. The summed E-state index contributed by atoms with van der Waals surface area (Å²) in [5.74, 6) is 0.248. The number of carbonyl (C=O) groups excluding carboxylic acids is 3. The Morgan fingerprint density at radius 2 is 1.59 bits per heavy atom. The van der Waals surface area contributed by atoms with E-state index in [-0.39, 0.29) is 40.3 Å². The molecular weight excluding hydrogens is 278 g/mol. The van der Waals surface area contributed by atoms with E-state index < -0.39 is 0 Å². The number of hydrogen-bond donors (Lipinski definition) is 0. The number of amides is 2. The average Bonchev–Trinajstić information content (AvgIpc) is 2.33. The van der Waals surface area contributed by atoms with Crippen LogP contribution in [0.4, 0.5) is 0 Å². The predicted molar refractivity (Wildman–Crippen MR) is 87.1 cm³/mol. The van der Waals surface area contributed by atoms with Crippen molar-refractivity contribution in [3.8, 4) is 0 Å². The Hall–Kier alpha value is -1.19. The van der Waals surface area contributed by atoms with Gasteiger partial charge >= 0.3 is 0 Å². The summed E-state index contributed by atoms with van der Waals surface area (Å²) in [4.78, 5) is 38.2. The van der Waals surface area contributed by atoms with Crippen molar-refractivity contribution in [2.75, 3.05) is 6.54 Å². The van der Waals surface area contributed by atoms with Crippen LogP contribution < -0.4 is 0 Å². The Balaban J connectivity index is 2.80. The Labute approximate surface area is 134 Å². The van der Waals surface area contributed by atoms with Crippen molar-refractivity contribution >= 4 is 17.6 Å². The van der Waals surface area contributed by atoms with Gasteiger partial charge in [-0.2, -0.15) is 0 Å². The van der Waals surface area contributed by atoms with Crippen molar-refractivity contribution < 1.29 is 14.4 Å². The number of likely N-dealkylation sites (tertiary alicyclic amines) is 1. The lowest BCUT2D eigenvalue weighted by Gasteiger charge is -2.42. The molecule has 4 heteroatoms. The van der Waals surface area contributed by atoms with E-state index >= 15 is 0 Å². The van der Waals surface area contributed by atoms with Crippen molar-refractivity contribution in [3.05, 3.63) is 0 Å². The summed E-state index contributed by atoms with van der Waals surface area (Å²) in [6.07, 6.45) is 1.21. The van der Waals surface area contributed by atoms with Crippen LogP contribution in [0.15, 0.2) is 0 Å². The smallest absolute Gasteiger partial charge is 0.229 e. The molecule has 1 rings (SSSR count). The molecule has 0 aliphatic carbocycles. The number of carbonyl (C=O) groups is 3. The van der Waals surface area contributed by atoms with Crippen LogP contribution in [0.25, 0.3) is 0 Å². The molecule has 1 saturated heterocycles. The minimum atomic E-state index is -0.377. The van der Waals surface area contributed by atoms with Gasteiger partial charge in [0.2, 0.25) is 11.8 Å². The fraction of sp³-hybridized carbons (Fsp3) is 0.833. The van der Waals surface area contributed by atoms with Gasteiger partial charge in [0.1, 0.15) is 5.78 Å². The van der Waals surface area contributed by atoms with Crippen LogP contribution in [0.2, 0.25) is 0 Å². The second-order valence-corrected chi connectivity index (χ2v) is 8.50. The molecule has 0 spiro atoms. The fourth-order valence-electron chi connectivity index (χ4n) is 2.83. The van der Waals surface area contributed by atoms with E-state index in [4.69, 9.17) is 0 Å². The van der Waals surface area contributed by atoms with Gasteiger partial charge in [-0.15, -0.1) is 0 Å². The summed E-state index contributed by atoms with van der Waals surface area (Å²) in [5, 5.41) is 0. The molecule has 4 nitrogen and oxygen atoms in total. The van der Waals surface area contributed by atoms with Gasteiger partial charge in [0.15, 0.2) is 0 Å². The molecular formula is C18H31NO3. The Morgan fingerprint density at radius 3 is 1.95 bits per heavy atom. The van der Waals surface area contributed by atoms with Gasteiger partial charge < -0.3 is 0 Å². The second-order valence-electron chi connectivity index (χ2n) is 8.50. The van der Waals surface area contributed by atoms with Crippen molar-refractivity contribution in [1.29, 1.82) is 0 Å². The first-order valence-electron chi connectivity index (χ1n) is 8.24. The molecule has 22 heavy (non-hydrogen) atoms. The minimum Gasteiger partial charge on any atom is -0.299 e. The number of ketones is 1. The van der Waals surface area contributed by atoms with Crippen LogP contribution in [0.1, 0.15) is 67.7 Å². The van der Waals surface area contributed by atoms with Crippen molar-refractivity contribution in [3.63, 3.8) is 0 Å². The van der Waals surface area contributed by atoms with Gasteiger partial charge in [-0.1, -0.05) is 48.5 Å². The Bertz CT molecular complexity index is 445. The van der Waals surface area contributed by atoms with Crippen molar-refractivity contribution in [1.82, 2.24) is 4.90 Å². The summed E-state index contributed by atoms with van der Waals surface area (Å²) < 4.78 is 0. The Morgan fingerprint density at radius 1 is 1.14 bits per heavy atom. The number of nitrogens with zero attached hydrogens (tertiary/aromatic N) is 1. The van der Waals surface area contributed by atoms with E-state index in [1.807, 2.05) is 34.6 Å². The van der Waals surface area contributed by atoms with Crippen LogP contribution >= 0.6 is 0 Å². The summed E-state index contributed by atoms with van der Waals surface area (Å²) in [6, 6.07) is 0. The van der Waals surface area contributed by atoms with Crippen LogP contribution in [0.5, 0.6) is 0 Å². The van der Waals surface area contributed by atoms with Gasteiger partial charge in [0.25, 0.3) is 0 Å². The van der Waals surface area contributed by atoms with E-state index in [0.717, 1.165) is 0 Å². The lowest BCUT2D eigenvalue weighted by Crippen LogP contribution is -2.51. The van der Waals surface area contributed by atoms with E-state index in [0.29, 0.717) is 25.8 Å². The molecule has 1 heterocycles. The number of piperidine rings is 1. The lowest BCUT2D eigenvalue weighted by atomic mass is 9.71. The monoisotopic (exact) mass is 309 g/mol. The molecule has 0 bridgehead atoms. The van der Waals surface area contributed by atoms with Crippen LogP contribution in [0.3, 0.4) is 0 Å². The highest BCUT2D eigenvalue weighted by Gasteiger charge is 2.43. The van der Waals surface area contributed by atoms with Gasteiger partial charge in [0.05, 0.1) is 0 Å². The molecule has 1 aliphatic rings. The number of imide groups is 1. The highest BCUT2D eigenvalue weighted by Crippen LogP contribution is 2.40. The number of hydrogen-bond acceptors (Lipinski definition) is 3. The van der Waals surface area contributed by atoms with E-state index in [9.17, 15) is 14.4 Å². The summed E-state index contributed by atoms with van der Waals surface area (Å²) >= 11 is 0. The third kappa shape index (κ3) is 4.40. The van der Waals surface area contributed by atoms with Crippen molar-refractivity contribution in [2.45, 2.75) is 67.7 Å². The molecule has 126 valence electrons. The second kappa shape index (κ2) is 6.51. The first-order valence-corrected chi connectivity index (χ1v) is 8.24. The maximum absolute atomic E-state index is 12.4. The van der Waals surface area contributed by atoms with E-state index in [1.54, 1.807) is 0 Å². The molecule has 2 amide bonds. The molecule has 0 aromatic rings. The SMILES string of the molecule is CC(C)C(=O)CC(C)(C)CN1C(=O)CC(C)(C(C)C)CC1=O. The third-order valence-corrected chi connectivity index (χ3v) is 4.99. The maximum atomic E-state index is 12.4. The minimum absolute atomic E-state index is 0.0173. The molecule has 0 saturated carbocycles. The van der Waals surface area contributed by atoms with Gasteiger partial charge in [-0.25, -0.2) is 0 Å². The molecule has 1 aliphatic heterocycles. The highest BCUT2D eigenvalue weighted by atomic mass is 16.2. The summed E-state index contributed by atoms with van der Waals surface area (Å²) in [5.41, 5.74) is -0.624. The number of rotatable bonds is 6. The molecule has 0 unspecified atom stereocenters. The zero-order valence-electron chi connectivity index (χ0n) is 15.2. The maximum Gasteiger partial charge on any atom is 0.229 e. The standard InChI is InChI=1S/C18H31NO3/c1-12(2)14(20)8-17(5,6)11-19-15(21)9-18(7,13(3)4)10-16(19)22/h12-13H,8-11H2,1-7H3. The van der Waals surface area contributed by atoms with Gasteiger partial charge in [-0.3, -0.25) is 19.3 Å². The van der Waals surface area contributed by atoms with Gasteiger partial charge in [-0.05, 0) is 16.7 Å².